The fourth-order valence-electron chi connectivity index (χ4n) is 1.80. The van der Waals surface area contributed by atoms with Crippen molar-refractivity contribution in [3.05, 3.63) is 58.6 Å². The van der Waals surface area contributed by atoms with E-state index in [2.05, 4.69) is 15.9 Å². The first-order chi connectivity index (χ1) is 9.24. The van der Waals surface area contributed by atoms with Gasteiger partial charge in [-0.1, -0.05) is 40.2 Å². The predicted molar refractivity (Wildman–Crippen MR) is 79.6 cm³/mol. The van der Waals surface area contributed by atoms with Crippen LogP contribution in [-0.2, 0) is 0 Å². The second kappa shape index (κ2) is 6.59. The summed E-state index contributed by atoms with van der Waals surface area (Å²) in [5.74, 6) is 1.40. The summed E-state index contributed by atoms with van der Waals surface area (Å²) in [6, 6.07) is 15.5. The zero-order chi connectivity index (χ0) is 13.7. The molecule has 2 aromatic carbocycles. The highest BCUT2D eigenvalue weighted by molar-refractivity contribution is 9.10. The third kappa shape index (κ3) is 3.49. The first kappa shape index (κ1) is 13.9. The number of para-hydroxylation sites is 2. The van der Waals surface area contributed by atoms with Gasteiger partial charge in [0.15, 0.2) is 11.5 Å². The third-order valence-electron chi connectivity index (χ3n) is 2.79. The van der Waals surface area contributed by atoms with Crippen LogP contribution in [-0.4, -0.2) is 13.7 Å². The molecule has 100 valence electrons. The van der Waals surface area contributed by atoms with Gasteiger partial charge in [0.05, 0.1) is 7.11 Å². The Morgan fingerprint density at radius 2 is 1.68 bits per heavy atom. The highest BCUT2D eigenvalue weighted by Crippen LogP contribution is 2.30. The highest BCUT2D eigenvalue weighted by atomic mass is 79.9. The van der Waals surface area contributed by atoms with E-state index in [1.807, 2.05) is 48.5 Å². The Labute approximate surface area is 121 Å². The Hall–Kier alpha value is -1.52. The van der Waals surface area contributed by atoms with Crippen LogP contribution in [0, 0.1) is 0 Å². The average Bonchev–Trinajstić information content (AvgIpc) is 2.46. The molecule has 1 atom stereocenters. The molecule has 0 heterocycles. The van der Waals surface area contributed by atoms with Gasteiger partial charge in [-0.25, -0.2) is 0 Å². The molecule has 3 nitrogen and oxygen atoms in total. The number of methoxy groups -OCH3 is 1. The molecular weight excluding hydrogens is 306 g/mol. The maximum Gasteiger partial charge on any atom is 0.162 e. The van der Waals surface area contributed by atoms with Crippen LogP contribution in [0.4, 0.5) is 0 Å². The van der Waals surface area contributed by atoms with Crippen LogP contribution in [0.15, 0.2) is 53.0 Å². The smallest absolute Gasteiger partial charge is 0.162 e. The van der Waals surface area contributed by atoms with Crippen LogP contribution in [0.5, 0.6) is 11.5 Å². The van der Waals surface area contributed by atoms with E-state index in [9.17, 15) is 0 Å². The molecule has 1 unspecified atom stereocenters. The average molecular weight is 322 g/mol. The molecule has 0 radical (unpaired) electrons. The number of hydrogen-bond acceptors (Lipinski definition) is 3. The molecule has 0 spiro atoms. The minimum Gasteiger partial charge on any atom is -0.493 e. The van der Waals surface area contributed by atoms with Crippen LogP contribution < -0.4 is 15.2 Å². The summed E-state index contributed by atoms with van der Waals surface area (Å²) in [7, 11) is 1.62. The van der Waals surface area contributed by atoms with Crippen molar-refractivity contribution in [2.45, 2.75) is 6.10 Å². The first-order valence-corrected chi connectivity index (χ1v) is 6.79. The molecule has 0 aliphatic rings. The van der Waals surface area contributed by atoms with Gasteiger partial charge >= 0.3 is 0 Å². The van der Waals surface area contributed by atoms with Crippen molar-refractivity contribution < 1.29 is 9.47 Å². The Morgan fingerprint density at radius 3 is 2.26 bits per heavy atom. The van der Waals surface area contributed by atoms with Crippen molar-refractivity contribution in [3.8, 4) is 11.5 Å². The van der Waals surface area contributed by atoms with E-state index in [4.69, 9.17) is 15.2 Å². The monoisotopic (exact) mass is 321 g/mol. The molecule has 0 saturated heterocycles. The van der Waals surface area contributed by atoms with Gasteiger partial charge in [0.25, 0.3) is 0 Å². The van der Waals surface area contributed by atoms with Crippen molar-refractivity contribution in [3.63, 3.8) is 0 Å². The quantitative estimate of drug-likeness (QED) is 0.916. The summed E-state index contributed by atoms with van der Waals surface area (Å²) in [6.45, 7) is 0.402. The summed E-state index contributed by atoms with van der Waals surface area (Å²) in [5, 5.41) is 0. The van der Waals surface area contributed by atoms with Gasteiger partial charge < -0.3 is 15.2 Å². The molecule has 2 N–H and O–H groups in total. The van der Waals surface area contributed by atoms with Gasteiger partial charge in [0.2, 0.25) is 0 Å². The Kier molecular flexibility index (Phi) is 4.82. The molecule has 2 aromatic rings. The molecule has 2 rings (SSSR count). The minimum absolute atomic E-state index is 0.190. The van der Waals surface area contributed by atoms with E-state index in [0.717, 1.165) is 10.0 Å². The molecule has 0 aliphatic carbocycles. The minimum atomic E-state index is -0.190. The van der Waals surface area contributed by atoms with Crippen molar-refractivity contribution >= 4 is 15.9 Å². The number of nitrogens with two attached hydrogens (primary N) is 1. The van der Waals surface area contributed by atoms with Gasteiger partial charge in [-0.2, -0.15) is 0 Å². The summed E-state index contributed by atoms with van der Waals surface area (Å²) in [5.41, 5.74) is 6.84. The lowest BCUT2D eigenvalue weighted by atomic mass is 10.1. The van der Waals surface area contributed by atoms with E-state index >= 15 is 0 Å². The molecule has 0 saturated carbocycles. The fourth-order valence-corrected chi connectivity index (χ4v) is 2.06. The molecule has 19 heavy (non-hydrogen) atoms. The second-order valence-electron chi connectivity index (χ2n) is 4.04. The van der Waals surface area contributed by atoms with Gasteiger partial charge in [-0.05, 0) is 29.8 Å². The molecule has 0 aliphatic heterocycles. The Balaban J connectivity index is 2.21. The lowest BCUT2D eigenvalue weighted by molar-refractivity contribution is 0.204. The van der Waals surface area contributed by atoms with E-state index in [0.29, 0.717) is 18.0 Å². The number of ether oxygens (including phenoxy) is 2. The Morgan fingerprint density at radius 1 is 1.05 bits per heavy atom. The van der Waals surface area contributed by atoms with Crippen LogP contribution in [0.2, 0.25) is 0 Å². The van der Waals surface area contributed by atoms with E-state index < -0.39 is 0 Å². The molecule has 0 amide bonds. The topological polar surface area (TPSA) is 44.5 Å². The van der Waals surface area contributed by atoms with Gasteiger partial charge in [-0.3, -0.25) is 0 Å². The van der Waals surface area contributed by atoms with Crippen LogP contribution >= 0.6 is 15.9 Å². The lowest BCUT2D eigenvalue weighted by Crippen LogP contribution is -2.18. The van der Waals surface area contributed by atoms with Crippen LogP contribution in [0.25, 0.3) is 0 Å². The number of halogens is 1. The van der Waals surface area contributed by atoms with Gasteiger partial charge in [0, 0.05) is 11.0 Å². The zero-order valence-electron chi connectivity index (χ0n) is 10.7. The van der Waals surface area contributed by atoms with Crippen LogP contribution in [0.1, 0.15) is 11.7 Å². The standard InChI is InChI=1S/C15H16BrNO2/c1-18-13-4-2-3-5-14(13)19-15(10-17)11-6-8-12(16)9-7-11/h2-9,15H,10,17H2,1H3. The molecule has 4 heteroatoms. The van der Waals surface area contributed by atoms with E-state index in [1.165, 1.54) is 0 Å². The highest BCUT2D eigenvalue weighted by Gasteiger charge is 2.13. The van der Waals surface area contributed by atoms with Crippen molar-refractivity contribution in [1.82, 2.24) is 0 Å². The number of benzene rings is 2. The van der Waals surface area contributed by atoms with Crippen molar-refractivity contribution in [2.75, 3.05) is 13.7 Å². The van der Waals surface area contributed by atoms with Gasteiger partial charge in [0.1, 0.15) is 6.10 Å². The van der Waals surface area contributed by atoms with E-state index in [-0.39, 0.29) is 6.10 Å². The summed E-state index contributed by atoms with van der Waals surface area (Å²) in [6.07, 6.45) is -0.190. The lowest BCUT2D eigenvalue weighted by Gasteiger charge is -2.19. The largest absolute Gasteiger partial charge is 0.493 e. The third-order valence-corrected chi connectivity index (χ3v) is 3.32. The van der Waals surface area contributed by atoms with Crippen molar-refractivity contribution in [1.29, 1.82) is 0 Å². The molecule has 0 fully saturated rings. The molecule has 0 aromatic heterocycles. The van der Waals surface area contributed by atoms with Gasteiger partial charge in [-0.15, -0.1) is 0 Å². The number of rotatable bonds is 5. The maximum absolute atomic E-state index is 5.95. The second-order valence-corrected chi connectivity index (χ2v) is 4.96. The summed E-state index contributed by atoms with van der Waals surface area (Å²) < 4.78 is 12.3. The fraction of sp³-hybridized carbons (Fsp3) is 0.200. The zero-order valence-corrected chi connectivity index (χ0v) is 12.3. The molecular formula is C15H16BrNO2. The Bertz CT molecular complexity index is 528. The summed E-state index contributed by atoms with van der Waals surface area (Å²) >= 11 is 3.41. The van der Waals surface area contributed by atoms with Crippen LogP contribution in [0.3, 0.4) is 0 Å². The normalized spacial score (nSPS) is 11.9. The van der Waals surface area contributed by atoms with Crippen molar-refractivity contribution in [2.24, 2.45) is 5.73 Å². The maximum atomic E-state index is 5.95. The number of hydrogen-bond donors (Lipinski definition) is 1. The summed E-state index contributed by atoms with van der Waals surface area (Å²) in [4.78, 5) is 0. The van der Waals surface area contributed by atoms with E-state index in [1.54, 1.807) is 7.11 Å². The first-order valence-electron chi connectivity index (χ1n) is 6.00. The predicted octanol–water partition coefficient (Wildman–Crippen LogP) is 3.54. The SMILES string of the molecule is COc1ccccc1OC(CN)c1ccc(Br)cc1. The molecule has 0 bridgehead atoms.